The number of ether oxygens (including phenoxy) is 1. The van der Waals surface area contributed by atoms with Crippen molar-refractivity contribution in [3.63, 3.8) is 0 Å². The van der Waals surface area contributed by atoms with Crippen molar-refractivity contribution in [2.45, 2.75) is 38.1 Å². The van der Waals surface area contributed by atoms with E-state index in [-0.39, 0.29) is 11.9 Å². The van der Waals surface area contributed by atoms with E-state index in [1.54, 1.807) is 7.11 Å². The van der Waals surface area contributed by atoms with Gasteiger partial charge in [0.1, 0.15) is 5.75 Å². The fourth-order valence-electron chi connectivity index (χ4n) is 3.92. The van der Waals surface area contributed by atoms with Gasteiger partial charge < -0.3 is 15.4 Å². The van der Waals surface area contributed by atoms with E-state index in [0.717, 1.165) is 41.0 Å². The SMILES string of the molecule is COc1ccc(C2=CNc3ccccc3C(C(=O)NC3CCCCC3)=C2)cc1. The standard InChI is InChI=1S/C24H26N2O2/c1-28-20-13-11-17(12-14-20)18-15-22(21-9-5-6-10-23(21)25-16-18)24(27)26-19-7-3-2-4-8-19/h5-6,9-16,19,25H,2-4,7-8H2,1H3,(H,26,27). The van der Waals surface area contributed by atoms with Gasteiger partial charge >= 0.3 is 0 Å². The number of allylic oxidation sites excluding steroid dienone is 2. The third kappa shape index (κ3) is 3.96. The Morgan fingerprint density at radius 2 is 1.79 bits per heavy atom. The molecule has 0 spiro atoms. The van der Waals surface area contributed by atoms with Crippen LogP contribution in [0, 0.1) is 0 Å². The number of methoxy groups -OCH3 is 1. The molecular formula is C24H26N2O2. The number of fused-ring (bicyclic) bond motifs is 1. The first kappa shape index (κ1) is 18.4. The summed E-state index contributed by atoms with van der Waals surface area (Å²) in [5.41, 5.74) is 4.57. The van der Waals surface area contributed by atoms with Crippen LogP contribution in [-0.2, 0) is 4.79 Å². The number of benzene rings is 2. The predicted molar refractivity (Wildman–Crippen MR) is 114 cm³/mol. The molecule has 1 heterocycles. The molecule has 1 fully saturated rings. The van der Waals surface area contributed by atoms with Crippen molar-refractivity contribution in [2.75, 3.05) is 12.4 Å². The monoisotopic (exact) mass is 374 g/mol. The summed E-state index contributed by atoms with van der Waals surface area (Å²) in [5, 5.41) is 6.63. The third-order valence-electron chi connectivity index (χ3n) is 5.51. The number of hydrogen-bond acceptors (Lipinski definition) is 3. The molecule has 0 atom stereocenters. The molecule has 4 heteroatoms. The van der Waals surface area contributed by atoms with Gasteiger partial charge in [-0.2, -0.15) is 0 Å². The second-order valence-corrected chi connectivity index (χ2v) is 7.38. The summed E-state index contributed by atoms with van der Waals surface area (Å²) in [4.78, 5) is 13.2. The number of para-hydroxylation sites is 1. The van der Waals surface area contributed by atoms with E-state index in [1.165, 1.54) is 19.3 Å². The highest BCUT2D eigenvalue weighted by atomic mass is 16.5. The molecule has 2 N–H and O–H groups in total. The Labute approximate surface area is 166 Å². The molecule has 144 valence electrons. The number of nitrogens with one attached hydrogen (secondary N) is 2. The predicted octanol–water partition coefficient (Wildman–Crippen LogP) is 4.99. The molecule has 0 radical (unpaired) electrons. The second-order valence-electron chi connectivity index (χ2n) is 7.38. The number of carbonyl (C=O) groups is 1. The topological polar surface area (TPSA) is 50.4 Å². The quantitative estimate of drug-likeness (QED) is 0.792. The lowest BCUT2D eigenvalue weighted by Gasteiger charge is -2.23. The highest BCUT2D eigenvalue weighted by Crippen LogP contribution is 2.32. The molecule has 2 aliphatic rings. The molecule has 1 aliphatic heterocycles. The highest BCUT2D eigenvalue weighted by molar-refractivity contribution is 6.23. The zero-order chi connectivity index (χ0) is 19.3. The normalized spacial score (nSPS) is 16.8. The number of rotatable bonds is 4. The van der Waals surface area contributed by atoms with Crippen molar-refractivity contribution < 1.29 is 9.53 Å². The van der Waals surface area contributed by atoms with Crippen LogP contribution in [0.2, 0.25) is 0 Å². The number of amides is 1. The molecular weight excluding hydrogens is 348 g/mol. The lowest BCUT2D eigenvalue weighted by molar-refractivity contribution is -0.116. The van der Waals surface area contributed by atoms with Gasteiger partial charge in [-0.1, -0.05) is 49.6 Å². The average molecular weight is 374 g/mol. The van der Waals surface area contributed by atoms with Crippen molar-refractivity contribution in [3.8, 4) is 5.75 Å². The molecule has 2 aromatic rings. The number of carbonyl (C=O) groups excluding carboxylic acids is 1. The number of anilines is 1. The maximum absolute atomic E-state index is 13.2. The van der Waals surface area contributed by atoms with Crippen LogP contribution in [-0.4, -0.2) is 19.1 Å². The van der Waals surface area contributed by atoms with Crippen molar-refractivity contribution in [2.24, 2.45) is 0 Å². The molecule has 4 rings (SSSR count). The van der Waals surface area contributed by atoms with Crippen LogP contribution in [0.5, 0.6) is 5.75 Å². The summed E-state index contributed by atoms with van der Waals surface area (Å²) in [6.07, 6.45) is 9.74. The minimum atomic E-state index is 0.00228. The molecule has 0 saturated heterocycles. The van der Waals surface area contributed by atoms with Gasteiger partial charge in [-0.25, -0.2) is 0 Å². The van der Waals surface area contributed by atoms with E-state index in [1.807, 2.05) is 60.8 Å². The summed E-state index contributed by atoms with van der Waals surface area (Å²) in [5.74, 6) is 0.816. The average Bonchev–Trinajstić information content (AvgIpc) is 2.95. The van der Waals surface area contributed by atoms with Gasteiger partial charge in [-0.15, -0.1) is 0 Å². The Morgan fingerprint density at radius 1 is 1.04 bits per heavy atom. The first-order valence-corrected chi connectivity index (χ1v) is 9.98. The van der Waals surface area contributed by atoms with Gasteiger partial charge in [0.25, 0.3) is 5.91 Å². The molecule has 4 nitrogen and oxygen atoms in total. The van der Waals surface area contributed by atoms with E-state index in [2.05, 4.69) is 10.6 Å². The molecule has 28 heavy (non-hydrogen) atoms. The molecule has 0 bridgehead atoms. The fourth-order valence-corrected chi connectivity index (χ4v) is 3.92. The van der Waals surface area contributed by atoms with Crippen molar-refractivity contribution >= 4 is 22.7 Å². The van der Waals surface area contributed by atoms with Crippen molar-refractivity contribution in [1.29, 1.82) is 0 Å². The summed E-state index contributed by atoms with van der Waals surface area (Å²) >= 11 is 0. The van der Waals surface area contributed by atoms with Gasteiger partial charge in [0.05, 0.1) is 7.11 Å². The molecule has 0 unspecified atom stereocenters. The molecule has 0 aromatic heterocycles. The van der Waals surface area contributed by atoms with Crippen molar-refractivity contribution in [1.82, 2.24) is 5.32 Å². The lowest BCUT2D eigenvalue weighted by atomic mass is 9.94. The highest BCUT2D eigenvalue weighted by Gasteiger charge is 2.22. The van der Waals surface area contributed by atoms with Gasteiger partial charge in [-0.3, -0.25) is 4.79 Å². The first-order valence-electron chi connectivity index (χ1n) is 9.98. The largest absolute Gasteiger partial charge is 0.497 e. The van der Waals surface area contributed by atoms with Crippen LogP contribution in [0.3, 0.4) is 0 Å². The van der Waals surface area contributed by atoms with Gasteiger partial charge in [0.15, 0.2) is 0 Å². The van der Waals surface area contributed by atoms with Crippen LogP contribution in [0.15, 0.2) is 60.8 Å². The summed E-state index contributed by atoms with van der Waals surface area (Å²) < 4.78 is 5.26. The third-order valence-corrected chi connectivity index (χ3v) is 5.51. The van der Waals surface area contributed by atoms with E-state index < -0.39 is 0 Å². The Bertz CT molecular complexity index is 906. The van der Waals surface area contributed by atoms with Crippen LogP contribution in [0.4, 0.5) is 5.69 Å². The zero-order valence-electron chi connectivity index (χ0n) is 16.2. The Balaban J connectivity index is 1.67. The lowest BCUT2D eigenvalue weighted by Crippen LogP contribution is -2.36. The molecule has 2 aromatic carbocycles. The summed E-state index contributed by atoms with van der Waals surface area (Å²) in [7, 11) is 1.66. The first-order chi connectivity index (χ1) is 13.7. The molecule has 1 aliphatic carbocycles. The smallest absolute Gasteiger partial charge is 0.252 e. The second kappa shape index (κ2) is 8.34. The van der Waals surface area contributed by atoms with E-state index >= 15 is 0 Å². The Morgan fingerprint density at radius 3 is 2.54 bits per heavy atom. The van der Waals surface area contributed by atoms with E-state index in [0.29, 0.717) is 5.57 Å². The van der Waals surface area contributed by atoms with Gasteiger partial charge in [-0.05, 0) is 48.3 Å². The van der Waals surface area contributed by atoms with Crippen LogP contribution < -0.4 is 15.4 Å². The van der Waals surface area contributed by atoms with Gasteiger partial charge in [0, 0.05) is 29.1 Å². The Hall–Kier alpha value is -3.01. The van der Waals surface area contributed by atoms with Gasteiger partial charge in [0.2, 0.25) is 0 Å². The number of hydrogen-bond donors (Lipinski definition) is 2. The van der Waals surface area contributed by atoms with E-state index in [9.17, 15) is 4.79 Å². The maximum atomic E-state index is 13.2. The fraction of sp³-hybridized carbons (Fsp3) is 0.292. The molecule has 1 amide bonds. The minimum Gasteiger partial charge on any atom is -0.497 e. The van der Waals surface area contributed by atoms with Crippen LogP contribution >= 0.6 is 0 Å². The summed E-state index contributed by atoms with van der Waals surface area (Å²) in [6.45, 7) is 0. The Kier molecular flexibility index (Phi) is 5.47. The van der Waals surface area contributed by atoms with Crippen molar-refractivity contribution in [3.05, 3.63) is 71.9 Å². The van der Waals surface area contributed by atoms with E-state index in [4.69, 9.17) is 4.74 Å². The molecule has 1 saturated carbocycles. The minimum absolute atomic E-state index is 0.00228. The van der Waals surface area contributed by atoms with Crippen LogP contribution in [0.25, 0.3) is 11.1 Å². The summed E-state index contributed by atoms with van der Waals surface area (Å²) in [6, 6.07) is 16.1. The zero-order valence-corrected chi connectivity index (χ0v) is 16.2. The van der Waals surface area contributed by atoms with Crippen LogP contribution in [0.1, 0.15) is 43.2 Å². The maximum Gasteiger partial charge on any atom is 0.252 e.